The molecule has 1 aromatic rings. The first-order chi connectivity index (χ1) is 14.0. The highest BCUT2D eigenvalue weighted by Gasteiger charge is 2.32. The zero-order valence-corrected chi connectivity index (χ0v) is 20.1. The number of anilines is 2. The molecule has 0 aliphatic carbocycles. The number of amides is 1. The first-order valence-electron chi connectivity index (χ1n) is 10.1. The lowest BCUT2D eigenvalue weighted by Gasteiger charge is -2.34. The summed E-state index contributed by atoms with van der Waals surface area (Å²) in [5.41, 5.74) is -0.364. The molecule has 0 atom stereocenters. The molecule has 0 radical (unpaired) electrons. The predicted molar refractivity (Wildman–Crippen MR) is 119 cm³/mol. The van der Waals surface area contributed by atoms with E-state index in [-0.39, 0.29) is 11.4 Å². The van der Waals surface area contributed by atoms with Gasteiger partial charge in [0.25, 0.3) is 4.92 Å². The Balaban J connectivity index is 2.29. The third-order valence-electron chi connectivity index (χ3n) is 4.24. The molecule has 0 spiro atoms. The Hall–Kier alpha value is -2.40. The topological polar surface area (TPSA) is 108 Å². The summed E-state index contributed by atoms with van der Waals surface area (Å²) in [5.74, 6) is 0. The minimum absolute atomic E-state index is 0.115. The fraction of sp³-hybridized carbons (Fsp3) is 0.650. The lowest BCUT2D eigenvalue weighted by Crippen LogP contribution is -2.48. The van der Waals surface area contributed by atoms with Crippen molar-refractivity contribution in [2.45, 2.75) is 52.7 Å². The van der Waals surface area contributed by atoms with E-state index in [2.05, 4.69) is 5.32 Å². The largest absolute Gasteiger partial charge is 0.444 e. The highest BCUT2D eigenvalue weighted by Crippen LogP contribution is 2.32. The van der Waals surface area contributed by atoms with Crippen LogP contribution in [0.5, 0.6) is 0 Å². The van der Waals surface area contributed by atoms with Crippen molar-refractivity contribution >= 4 is 33.2 Å². The molecular weight excluding hydrogens is 424 g/mol. The third kappa shape index (κ3) is 7.66. The molecule has 0 aromatic heterocycles. The number of piperazine rings is 1. The summed E-state index contributed by atoms with van der Waals surface area (Å²) in [5, 5.41) is 2.60. The zero-order chi connectivity index (χ0) is 23.6. The minimum Gasteiger partial charge on any atom is -0.444 e. The predicted octanol–water partition coefficient (Wildman–Crippen LogP) is 3.26. The molecule has 1 aliphatic heterocycles. The van der Waals surface area contributed by atoms with Crippen molar-refractivity contribution in [1.29, 1.82) is 0 Å². The van der Waals surface area contributed by atoms with Crippen molar-refractivity contribution in [3.05, 3.63) is 23.1 Å². The van der Waals surface area contributed by atoms with E-state index >= 15 is 0 Å². The molecule has 0 bridgehead atoms. The van der Waals surface area contributed by atoms with Gasteiger partial charge in [-0.25, -0.2) is 18.0 Å². The fourth-order valence-corrected chi connectivity index (χ4v) is 3.79. The van der Waals surface area contributed by atoms with Gasteiger partial charge >= 0.3 is 11.8 Å². The monoisotopic (exact) mass is 457 g/mol. The molecule has 0 saturated carbocycles. The number of hydrogen-bond acceptors (Lipinski definition) is 7. The van der Waals surface area contributed by atoms with Crippen molar-refractivity contribution < 1.29 is 27.7 Å². The summed E-state index contributed by atoms with van der Waals surface area (Å²) in [6.07, 6.45) is 0.504. The lowest BCUT2D eigenvalue weighted by atomic mass is 10.2. The van der Waals surface area contributed by atoms with Crippen LogP contribution in [0.15, 0.2) is 18.2 Å². The standard InChI is InChI=1S/C20H32N4O6S/c1-19(2,3)29-18(25)21-16-9-8-15(14-17(16)24(26)30-20(4,5)6)22-10-12-23(13-11-22)31(7,27)28/h8-9,14H,10-13H2,1-7H3/p+1. The van der Waals surface area contributed by atoms with Crippen molar-refractivity contribution in [3.8, 4) is 0 Å². The Labute approximate surface area is 184 Å². The highest BCUT2D eigenvalue weighted by atomic mass is 32.2. The Morgan fingerprint density at radius 3 is 2.10 bits per heavy atom. The molecule has 1 heterocycles. The molecule has 1 N–H and O–H groups in total. The van der Waals surface area contributed by atoms with Gasteiger partial charge in [0.2, 0.25) is 10.0 Å². The average molecular weight is 458 g/mol. The Morgan fingerprint density at radius 2 is 1.61 bits per heavy atom. The summed E-state index contributed by atoms with van der Waals surface area (Å²) in [7, 11) is -3.24. The molecule has 1 aromatic carbocycles. The number of ether oxygens (including phenoxy) is 1. The quantitative estimate of drug-likeness (QED) is 0.676. The molecule has 174 valence electrons. The summed E-state index contributed by atoms with van der Waals surface area (Å²) in [6.45, 7) is 12.1. The van der Waals surface area contributed by atoms with Crippen LogP contribution in [0.25, 0.3) is 0 Å². The molecule has 1 aliphatic rings. The Morgan fingerprint density at radius 1 is 1.03 bits per heavy atom. The van der Waals surface area contributed by atoms with Crippen LogP contribution in [0.3, 0.4) is 0 Å². The van der Waals surface area contributed by atoms with Gasteiger partial charge in [-0.15, -0.1) is 0 Å². The van der Waals surface area contributed by atoms with Crippen molar-refractivity contribution in [3.63, 3.8) is 0 Å². The minimum atomic E-state index is -3.24. The zero-order valence-electron chi connectivity index (χ0n) is 19.3. The first-order valence-corrected chi connectivity index (χ1v) is 11.9. The van der Waals surface area contributed by atoms with Gasteiger partial charge in [0, 0.05) is 37.9 Å². The van der Waals surface area contributed by atoms with Crippen LogP contribution in [0.4, 0.5) is 21.9 Å². The summed E-state index contributed by atoms with van der Waals surface area (Å²) < 4.78 is 30.2. The number of nitrogens with zero attached hydrogens (tertiary/aromatic N) is 3. The van der Waals surface area contributed by atoms with Gasteiger partial charge in [-0.05, 0) is 53.7 Å². The number of sulfonamides is 1. The van der Waals surface area contributed by atoms with Gasteiger partial charge in [0.05, 0.1) is 11.2 Å². The summed E-state index contributed by atoms with van der Waals surface area (Å²) in [4.78, 5) is 32.8. The number of carbonyl (C=O) groups excluding carboxylic acids is 1. The van der Waals surface area contributed by atoms with E-state index in [1.54, 1.807) is 59.7 Å². The van der Waals surface area contributed by atoms with Crippen LogP contribution >= 0.6 is 0 Å². The second kappa shape index (κ2) is 8.99. The number of hydrogen-bond donors (Lipinski definition) is 1. The van der Waals surface area contributed by atoms with Gasteiger partial charge in [-0.1, -0.05) is 0 Å². The van der Waals surface area contributed by atoms with Crippen molar-refractivity contribution in [2.24, 2.45) is 0 Å². The highest BCUT2D eigenvalue weighted by molar-refractivity contribution is 7.88. The van der Waals surface area contributed by atoms with Gasteiger partial charge < -0.3 is 9.64 Å². The molecule has 31 heavy (non-hydrogen) atoms. The van der Waals surface area contributed by atoms with E-state index in [0.29, 0.717) is 31.1 Å². The van der Waals surface area contributed by atoms with Crippen LogP contribution in [-0.4, -0.2) is 67.4 Å². The van der Waals surface area contributed by atoms with Gasteiger partial charge in [0.1, 0.15) is 11.3 Å². The maximum Gasteiger partial charge on any atom is 0.412 e. The van der Waals surface area contributed by atoms with Crippen LogP contribution in [0.1, 0.15) is 41.5 Å². The van der Waals surface area contributed by atoms with Crippen LogP contribution in [-0.2, 0) is 19.6 Å². The SMILES string of the molecule is CC(C)(C)OC(=O)Nc1ccc(N2CCN(S(C)(=O)=O)CC2)cc1[N+](=O)OC(C)(C)C. The van der Waals surface area contributed by atoms with Gasteiger partial charge in [-0.2, -0.15) is 4.31 Å². The average Bonchev–Trinajstić information content (AvgIpc) is 2.58. The first kappa shape index (κ1) is 24.9. The third-order valence-corrected chi connectivity index (χ3v) is 5.55. The van der Waals surface area contributed by atoms with Crippen molar-refractivity contribution in [2.75, 3.05) is 42.7 Å². The summed E-state index contributed by atoms with van der Waals surface area (Å²) >= 11 is 0. The van der Waals surface area contributed by atoms with E-state index in [0.717, 1.165) is 5.69 Å². The second-order valence-electron chi connectivity index (χ2n) is 9.44. The fourth-order valence-electron chi connectivity index (χ4n) is 2.96. The number of nitrogens with one attached hydrogen (secondary N) is 1. The van der Waals surface area contributed by atoms with Crippen molar-refractivity contribution in [1.82, 2.24) is 4.31 Å². The molecule has 1 amide bonds. The van der Waals surface area contributed by atoms with Crippen LogP contribution in [0, 0.1) is 4.91 Å². The lowest BCUT2D eigenvalue weighted by molar-refractivity contribution is -0.765. The number of benzene rings is 1. The van der Waals surface area contributed by atoms with E-state index < -0.39 is 27.3 Å². The van der Waals surface area contributed by atoms with E-state index in [1.165, 1.54) is 10.6 Å². The second-order valence-corrected chi connectivity index (χ2v) is 11.4. The van der Waals surface area contributed by atoms with Crippen LogP contribution in [0.2, 0.25) is 0 Å². The van der Waals surface area contributed by atoms with Gasteiger partial charge in [0.15, 0.2) is 5.60 Å². The van der Waals surface area contributed by atoms with Crippen LogP contribution < -0.4 is 10.2 Å². The molecular formula is C20H33N4O6S+. The molecule has 11 heteroatoms. The van der Waals surface area contributed by atoms with E-state index in [9.17, 15) is 18.1 Å². The molecule has 1 fully saturated rings. The number of rotatable bonds is 5. The molecule has 10 nitrogen and oxygen atoms in total. The maximum atomic E-state index is 12.8. The van der Waals surface area contributed by atoms with Gasteiger partial charge in [-0.3, -0.25) is 5.32 Å². The molecule has 1 saturated heterocycles. The Kier molecular flexibility index (Phi) is 7.21. The summed E-state index contributed by atoms with van der Waals surface area (Å²) in [6, 6.07) is 4.98. The molecule has 0 unspecified atom stereocenters. The maximum absolute atomic E-state index is 12.8. The number of carbonyl (C=O) groups is 1. The smallest absolute Gasteiger partial charge is 0.412 e. The van der Waals surface area contributed by atoms with E-state index in [1.807, 2.05) is 4.90 Å². The molecule has 2 rings (SSSR count). The van der Waals surface area contributed by atoms with E-state index in [4.69, 9.17) is 9.57 Å². The normalized spacial score (nSPS) is 16.0. The Bertz CT molecular complexity index is 926.